The predicted molar refractivity (Wildman–Crippen MR) is 110 cm³/mol. The average molecular weight is 403 g/mol. The summed E-state index contributed by atoms with van der Waals surface area (Å²) < 4.78 is 38.4. The minimum Gasteiger partial charge on any atom is -0.347 e. The molecule has 2 aromatic carbocycles. The lowest BCUT2D eigenvalue weighted by atomic mass is 9.87. The van der Waals surface area contributed by atoms with Crippen molar-refractivity contribution in [3.63, 3.8) is 0 Å². The number of hydrogen-bond acceptors (Lipinski definition) is 4. The largest absolute Gasteiger partial charge is 0.347 e. The fourth-order valence-corrected chi connectivity index (χ4v) is 4.86. The van der Waals surface area contributed by atoms with Gasteiger partial charge in [-0.25, -0.2) is 8.42 Å². The van der Waals surface area contributed by atoms with Crippen molar-refractivity contribution < 1.29 is 17.9 Å². The number of ether oxygens (including phenoxy) is 2. The van der Waals surface area contributed by atoms with Crippen LogP contribution in [0.4, 0.5) is 0 Å². The quantitative estimate of drug-likeness (QED) is 0.705. The van der Waals surface area contributed by atoms with Gasteiger partial charge in [0.1, 0.15) is 5.60 Å². The molecule has 2 aromatic rings. The Morgan fingerprint density at radius 2 is 1.64 bits per heavy atom. The van der Waals surface area contributed by atoms with Crippen molar-refractivity contribution in [3.05, 3.63) is 59.7 Å². The lowest BCUT2D eigenvalue weighted by Crippen LogP contribution is -2.31. The maximum Gasteiger partial charge on any atom is 0.206 e. The van der Waals surface area contributed by atoms with Crippen molar-refractivity contribution in [3.8, 4) is 0 Å². The monoisotopic (exact) mass is 402 g/mol. The van der Waals surface area contributed by atoms with Crippen molar-refractivity contribution in [1.29, 1.82) is 0 Å². The van der Waals surface area contributed by atoms with Crippen molar-refractivity contribution in [2.75, 3.05) is 6.61 Å². The minimum absolute atomic E-state index is 0.0255. The van der Waals surface area contributed by atoms with Crippen LogP contribution in [-0.2, 0) is 30.3 Å². The Bertz CT molecular complexity index is 953. The fraction of sp³-hybridized carbons (Fsp3) is 0.478. The molecule has 3 rings (SSSR count). The summed E-state index contributed by atoms with van der Waals surface area (Å²) in [6, 6.07) is 14.2. The lowest BCUT2D eigenvalue weighted by Gasteiger charge is -2.29. The Kier molecular flexibility index (Phi) is 5.24. The van der Waals surface area contributed by atoms with E-state index >= 15 is 0 Å². The lowest BCUT2D eigenvalue weighted by molar-refractivity contribution is -0.164. The zero-order valence-corrected chi connectivity index (χ0v) is 18.4. The maximum absolute atomic E-state index is 13.2. The van der Waals surface area contributed by atoms with Crippen molar-refractivity contribution in [2.45, 2.75) is 74.6 Å². The molecule has 0 aliphatic carbocycles. The third kappa shape index (κ3) is 3.88. The first kappa shape index (κ1) is 21.0. The van der Waals surface area contributed by atoms with Gasteiger partial charge in [0.05, 0.1) is 16.4 Å². The van der Waals surface area contributed by atoms with Crippen LogP contribution in [0.2, 0.25) is 0 Å². The molecule has 1 aliphatic heterocycles. The molecule has 1 atom stereocenters. The Hall–Kier alpha value is -1.69. The molecule has 1 fully saturated rings. The van der Waals surface area contributed by atoms with Crippen LogP contribution in [0.25, 0.3) is 0 Å². The van der Waals surface area contributed by atoms with Crippen LogP contribution in [0.5, 0.6) is 0 Å². The van der Waals surface area contributed by atoms with Gasteiger partial charge in [-0.3, -0.25) is 0 Å². The van der Waals surface area contributed by atoms with Crippen LogP contribution >= 0.6 is 0 Å². The van der Waals surface area contributed by atoms with Gasteiger partial charge in [0.15, 0.2) is 5.79 Å². The molecule has 0 N–H and O–H groups in total. The molecule has 152 valence electrons. The van der Waals surface area contributed by atoms with E-state index in [-0.39, 0.29) is 10.3 Å². The van der Waals surface area contributed by atoms with Crippen LogP contribution in [-0.4, -0.2) is 20.8 Å². The highest BCUT2D eigenvalue weighted by Gasteiger charge is 2.45. The second-order valence-electron chi connectivity index (χ2n) is 8.94. The molecule has 28 heavy (non-hydrogen) atoms. The summed E-state index contributed by atoms with van der Waals surface area (Å²) >= 11 is 0. The van der Waals surface area contributed by atoms with Gasteiger partial charge in [0.25, 0.3) is 0 Å². The second kappa shape index (κ2) is 6.97. The number of hydrogen-bond donors (Lipinski definition) is 0. The summed E-state index contributed by atoms with van der Waals surface area (Å²) in [7, 11) is -3.61. The van der Waals surface area contributed by atoms with E-state index in [9.17, 15) is 8.42 Å². The molecule has 1 aliphatic rings. The Morgan fingerprint density at radius 3 is 2.14 bits per heavy atom. The molecular formula is C23H30O4S. The van der Waals surface area contributed by atoms with Crippen LogP contribution in [0.15, 0.2) is 58.3 Å². The van der Waals surface area contributed by atoms with Crippen LogP contribution < -0.4 is 0 Å². The Labute approximate surface area is 168 Å². The summed E-state index contributed by atoms with van der Waals surface area (Å²) in [5.41, 5.74) is 1.27. The van der Waals surface area contributed by atoms with E-state index < -0.39 is 21.2 Å². The number of rotatable bonds is 4. The molecule has 0 spiro atoms. The van der Waals surface area contributed by atoms with Gasteiger partial charge in [-0.2, -0.15) is 0 Å². The van der Waals surface area contributed by atoms with Crippen molar-refractivity contribution >= 4 is 9.84 Å². The van der Waals surface area contributed by atoms with E-state index in [1.165, 1.54) is 0 Å². The van der Waals surface area contributed by atoms with Crippen molar-refractivity contribution in [2.24, 2.45) is 0 Å². The highest BCUT2D eigenvalue weighted by Crippen LogP contribution is 2.42. The van der Waals surface area contributed by atoms with E-state index in [1.54, 1.807) is 30.3 Å². The summed E-state index contributed by atoms with van der Waals surface area (Å²) in [5, 5.41) is 0. The third-order valence-corrected chi connectivity index (χ3v) is 7.13. The van der Waals surface area contributed by atoms with Gasteiger partial charge in [0, 0.05) is 0 Å². The molecule has 5 heteroatoms. The zero-order chi connectivity index (χ0) is 20.8. The topological polar surface area (TPSA) is 52.6 Å². The fourth-order valence-electron chi connectivity index (χ4n) is 3.56. The Morgan fingerprint density at radius 1 is 1.00 bits per heavy atom. The molecule has 0 bridgehead atoms. The zero-order valence-electron chi connectivity index (χ0n) is 17.6. The first-order chi connectivity index (χ1) is 12.9. The molecule has 0 aromatic heterocycles. The molecule has 1 saturated heterocycles. The Balaban J connectivity index is 1.99. The first-order valence-corrected chi connectivity index (χ1v) is 11.2. The van der Waals surface area contributed by atoms with Crippen molar-refractivity contribution in [1.82, 2.24) is 0 Å². The van der Waals surface area contributed by atoms with Gasteiger partial charge >= 0.3 is 0 Å². The van der Waals surface area contributed by atoms with E-state index in [0.29, 0.717) is 17.9 Å². The van der Waals surface area contributed by atoms with E-state index in [2.05, 4.69) is 20.8 Å². The van der Waals surface area contributed by atoms with Crippen LogP contribution in [0, 0.1) is 0 Å². The van der Waals surface area contributed by atoms with Crippen LogP contribution in [0.1, 0.15) is 59.1 Å². The molecule has 0 saturated carbocycles. The third-order valence-electron chi connectivity index (χ3n) is 5.37. The van der Waals surface area contributed by atoms with Gasteiger partial charge in [-0.05, 0) is 61.1 Å². The average Bonchev–Trinajstić information content (AvgIpc) is 2.97. The van der Waals surface area contributed by atoms with E-state index in [1.807, 2.05) is 39.0 Å². The SMILES string of the molecule is CCC1(c2cccc(S(=O)(=O)c3ccc(C(C)(C)C)cc3)c2)COC(C)(C)O1. The molecule has 1 heterocycles. The maximum atomic E-state index is 13.2. The smallest absolute Gasteiger partial charge is 0.206 e. The number of sulfone groups is 1. The van der Waals surface area contributed by atoms with Gasteiger partial charge < -0.3 is 9.47 Å². The van der Waals surface area contributed by atoms with Gasteiger partial charge in [-0.15, -0.1) is 0 Å². The minimum atomic E-state index is -3.61. The normalized spacial score (nSPS) is 22.4. The summed E-state index contributed by atoms with van der Waals surface area (Å²) in [5.74, 6) is -0.687. The summed E-state index contributed by atoms with van der Waals surface area (Å²) in [4.78, 5) is 0.571. The summed E-state index contributed by atoms with van der Waals surface area (Å²) in [6.07, 6.45) is 0.695. The second-order valence-corrected chi connectivity index (χ2v) is 10.9. The predicted octanol–water partition coefficient (Wildman–Crippen LogP) is 5.21. The highest BCUT2D eigenvalue weighted by atomic mass is 32.2. The molecule has 4 nitrogen and oxygen atoms in total. The highest BCUT2D eigenvalue weighted by molar-refractivity contribution is 7.91. The summed E-state index contributed by atoms with van der Waals surface area (Å²) in [6.45, 7) is 12.5. The van der Waals surface area contributed by atoms with E-state index in [0.717, 1.165) is 11.1 Å². The number of benzene rings is 2. The van der Waals surface area contributed by atoms with Gasteiger partial charge in [0.2, 0.25) is 9.84 Å². The molecule has 0 radical (unpaired) electrons. The van der Waals surface area contributed by atoms with E-state index in [4.69, 9.17) is 9.47 Å². The first-order valence-electron chi connectivity index (χ1n) is 9.70. The van der Waals surface area contributed by atoms with Gasteiger partial charge in [-0.1, -0.05) is 52.0 Å². The molecule has 0 amide bonds. The molecule has 1 unspecified atom stereocenters. The van der Waals surface area contributed by atoms with Crippen LogP contribution in [0.3, 0.4) is 0 Å². The standard InChI is InChI=1S/C23H30O4S/c1-7-23(16-26-22(5,6)27-23)18-9-8-10-20(15-18)28(24,25)19-13-11-17(12-14-19)21(2,3)4/h8-15H,7,16H2,1-6H3. The molecular weight excluding hydrogens is 372 g/mol.